The Bertz CT molecular complexity index is 5950. The summed E-state index contributed by atoms with van der Waals surface area (Å²) < 4.78 is 55.4. The fraction of sp³-hybridized carbons (Fsp3) is 0.626. The Morgan fingerprint density at radius 1 is 0.297 bits per heavy atom. The van der Waals surface area contributed by atoms with Crippen molar-refractivity contribution >= 4 is 33.6 Å². The number of aliphatic hydroxyl groups is 5. The second-order valence-electron chi connectivity index (χ2n) is 50.3. The van der Waals surface area contributed by atoms with Gasteiger partial charge in [0.05, 0.1) is 43.3 Å². The van der Waals surface area contributed by atoms with Gasteiger partial charge in [0, 0.05) is 48.3 Å². The van der Waals surface area contributed by atoms with Gasteiger partial charge in [-0.25, -0.2) is 24.2 Å². The van der Waals surface area contributed by atoms with E-state index in [0.29, 0.717) is 64.5 Å². The van der Waals surface area contributed by atoms with Gasteiger partial charge in [-0.15, -0.1) is 0 Å². The van der Waals surface area contributed by atoms with E-state index in [-0.39, 0.29) is 102 Å². The average molecular weight is 1870 g/mol. The lowest BCUT2D eigenvalue weighted by molar-refractivity contribution is -0.0238. The molecule has 5 aromatic rings. The van der Waals surface area contributed by atoms with Crippen molar-refractivity contribution in [2.75, 3.05) is 0 Å². The minimum absolute atomic E-state index is 0.0490. The second kappa shape index (κ2) is 36.2. The topological polar surface area (TPSA) is 170 Å². The molecule has 0 saturated heterocycles. The largest absolute Gasteiger partial charge is 0.393 e. The van der Waals surface area contributed by atoms with Gasteiger partial charge in [0.2, 0.25) is 23.5 Å². The molecule has 15 heteroatoms. The SMILES string of the molecule is C[C@]12CC[C@H](O)CC1=CC[C@@H]1[C@@H]2CC[C@]2(C)C(c3ccc(F)nc3)=CC[C@@H]12.C[C@]12CC[C@H](O)CC1=CC[C@@H]1[C@@H]2CC[C@]2(C)C(c3cncc(F)c3)=CC[C@@H]12.Cc1cc(C2=CC[C@H]3[C@@H]4CC=C5C[C@@H](O)CC[C@]5(C)[C@H]4CC[C@]23C)cnc1F.Cc1cnc(F)c(C2=CC[C@H]3[C@@H]4CC=C5C[C@@H](O)CC[C@]5(C)[C@H]4CC[C@]23C)c1.[C-]#[N+]c1cncc(C2=CC[C@H]3[C@@H]4CC=C5C[C@@H](O)CC[C@]5(C)[C@H]4CC[C@]23C)c1. The van der Waals surface area contributed by atoms with Crippen molar-refractivity contribution in [3.8, 4) is 0 Å². The van der Waals surface area contributed by atoms with Crippen LogP contribution in [0.4, 0.5) is 23.2 Å². The Morgan fingerprint density at radius 3 is 0.935 bits per heavy atom. The van der Waals surface area contributed by atoms with Crippen LogP contribution < -0.4 is 0 Å². The van der Waals surface area contributed by atoms with Crippen LogP contribution in [0.25, 0.3) is 32.7 Å². The number of rotatable bonds is 5. The molecule has 30 atom stereocenters. The second-order valence-corrected chi connectivity index (χ2v) is 50.3. The third kappa shape index (κ3) is 16.0. The van der Waals surface area contributed by atoms with E-state index in [0.717, 1.165) is 229 Å². The molecule has 0 spiro atoms. The molecule has 0 aromatic carbocycles. The number of pyridine rings is 5. The maximum absolute atomic E-state index is 14.6. The number of aryl methyl sites for hydroxylation is 2. The van der Waals surface area contributed by atoms with Crippen LogP contribution in [0.2, 0.25) is 0 Å². The first-order valence-corrected chi connectivity index (χ1v) is 54.2. The Labute approximate surface area is 820 Å². The van der Waals surface area contributed by atoms with E-state index in [1.807, 2.05) is 50.5 Å². The Balaban J connectivity index is 0.000000103. The highest BCUT2D eigenvalue weighted by molar-refractivity contribution is 5.77. The summed E-state index contributed by atoms with van der Waals surface area (Å²) in [4.78, 5) is 23.9. The van der Waals surface area contributed by atoms with Crippen LogP contribution in [0.3, 0.4) is 0 Å². The summed E-state index contributed by atoms with van der Waals surface area (Å²) in [6, 6.07) is 11.0. The molecule has 11 nitrogen and oxygen atoms in total. The van der Waals surface area contributed by atoms with Crippen LogP contribution in [-0.4, -0.2) is 81.0 Å². The number of hydrogen-bond acceptors (Lipinski definition) is 10. The summed E-state index contributed by atoms with van der Waals surface area (Å²) in [5.74, 6) is 9.07. The van der Waals surface area contributed by atoms with Crippen molar-refractivity contribution in [1.82, 2.24) is 24.9 Å². The molecule has 5 N–H and O–H groups in total. The molecule has 0 radical (unpaired) electrons. The van der Waals surface area contributed by atoms with E-state index in [4.69, 9.17) is 6.57 Å². The average Bonchev–Trinajstić information content (AvgIpc) is 1.44. The smallest absolute Gasteiger partial charge is 0.220 e. The van der Waals surface area contributed by atoms with E-state index >= 15 is 0 Å². The highest BCUT2D eigenvalue weighted by atomic mass is 19.1. The zero-order chi connectivity index (χ0) is 96.5. The van der Waals surface area contributed by atoms with Crippen molar-refractivity contribution in [3.63, 3.8) is 0 Å². The predicted octanol–water partition coefficient (Wildman–Crippen LogP) is 28.7. The predicted molar refractivity (Wildman–Crippen MR) is 542 cm³/mol. The molecular weight excluding hydrogens is 1720 g/mol. The standard InChI is InChI=1S/2C25H32FNO.C25H30N2O.2C24H30FNO/c1-15-12-16(14-27-23(15)26)20-6-7-21-19-5-4-17-13-18(28)8-10-24(17,2)22(19)9-11-25(20,21)3;1-15-12-19(23(26)27-14-15)21-7-6-20-18-5-4-16-13-17(28)8-10-24(16,2)22(18)9-11-25(20,21)3;1-24-10-8-19(28)13-17(24)4-5-20-22-7-6-21(25(22,2)11-9-23(20)24)16-12-18(26-3)15-27-14-16;1-23-11-9-17(27)13-16(23)4-5-18-20-7-6-19(15-3-8-22(25)26-14-15)24(20,2)12-10-21(18)23;1-23-9-7-18(27)12-16(23)3-4-19-21-6-5-20(15-11-17(25)14-26-13-15)24(21,2)10-8-22(19)23/h4,6,12,14,18-19,21-22,28H,5,7-11,13H2,1-3H3;4,7,12,14,17-18,20,22,28H,5-6,8-11,13H2,1-3H3;4,6,12,14-15,19-20,22-23,28H,5,7-11,13H2,1-2H3;3-4,6,8,14,17-18,20-21,27H,5,7,9-13H2,1-2H3;3,5,11,13-14,18-19,21-22,27H,4,6-10,12H2,1-2H3/t18-,19-,21-,22-,24-,25+;17-,18-,20-,22-,24-,25-;19-,20-,22-,23-,24-,25+;17-,18-,20-,21-,23-,24+;18-,19-,21-,22-,23-,24+/m00000/s1. The minimum Gasteiger partial charge on any atom is -0.393 e. The molecule has 0 unspecified atom stereocenters. The quantitative estimate of drug-likeness (QED) is 0.0494. The van der Waals surface area contributed by atoms with Crippen LogP contribution in [0.5, 0.6) is 0 Å². The number of fused-ring (bicyclic) bond motifs is 25. The first-order valence-electron chi connectivity index (χ1n) is 54.2. The summed E-state index contributed by atoms with van der Waals surface area (Å²) in [6.45, 7) is 35.6. The number of halogens is 4. The van der Waals surface area contributed by atoms with E-state index in [1.54, 1.807) is 30.9 Å². The van der Waals surface area contributed by atoms with E-state index < -0.39 is 5.95 Å². The van der Waals surface area contributed by atoms with Crippen LogP contribution >= 0.6 is 0 Å². The number of aliphatic hydroxyl groups excluding tert-OH is 5. The molecule has 138 heavy (non-hydrogen) atoms. The Hall–Kier alpha value is -7.84. The monoisotopic (exact) mass is 1870 g/mol. The summed E-state index contributed by atoms with van der Waals surface area (Å²) in [5, 5.41) is 50.8. The summed E-state index contributed by atoms with van der Waals surface area (Å²) >= 11 is 0. The van der Waals surface area contributed by atoms with E-state index in [1.165, 1.54) is 132 Å². The minimum atomic E-state index is -0.403. The van der Waals surface area contributed by atoms with Crippen molar-refractivity contribution in [3.05, 3.63) is 242 Å². The maximum Gasteiger partial charge on any atom is 0.220 e. The van der Waals surface area contributed by atoms with Gasteiger partial charge in [-0.2, -0.15) is 13.2 Å². The molecule has 20 aliphatic rings. The van der Waals surface area contributed by atoms with Gasteiger partial charge in [-0.3, -0.25) is 9.97 Å². The fourth-order valence-electron chi connectivity index (χ4n) is 36.4. The summed E-state index contributed by atoms with van der Waals surface area (Å²) in [7, 11) is 0. The van der Waals surface area contributed by atoms with Crippen LogP contribution in [-0.2, 0) is 0 Å². The van der Waals surface area contributed by atoms with Gasteiger partial charge in [-0.1, -0.05) is 158 Å². The number of aromatic nitrogens is 5. The van der Waals surface area contributed by atoms with Crippen molar-refractivity contribution in [2.24, 2.45) is 143 Å². The van der Waals surface area contributed by atoms with Crippen molar-refractivity contribution < 1.29 is 43.1 Å². The maximum atomic E-state index is 14.6. The highest BCUT2D eigenvalue weighted by Gasteiger charge is 2.64. The van der Waals surface area contributed by atoms with Gasteiger partial charge >= 0.3 is 0 Å². The van der Waals surface area contributed by atoms with Crippen LogP contribution in [0, 0.1) is 187 Å². The van der Waals surface area contributed by atoms with Crippen molar-refractivity contribution in [1.29, 1.82) is 0 Å². The first kappa shape index (κ1) is 96.3. The van der Waals surface area contributed by atoms with Gasteiger partial charge in [-0.05, 0) is 474 Å². The fourth-order valence-corrected chi connectivity index (χ4v) is 36.4. The third-order valence-corrected chi connectivity index (χ3v) is 44.1. The molecule has 25 rings (SSSR count). The van der Waals surface area contributed by atoms with Gasteiger partial charge in [0.25, 0.3) is 0 Å². The molecule has 10 saturated carbocycles. The molecular formula is C123H154F4N6O5. The molecule has 10 fully saturated rings. The molecule has 734 valence electrons. The zero-order valence-corrected chi connectivity index (χ0v) is 84.5. The lowest BCUT2D eigenvalue weighted by atomic mass is 9.47. The molecule has 0 bridgehead atoms. The lowest BCUT2D eigenvalue weighted by Crippen LogP contribution is -2.49. The Morgan fingerprint density at radius 2 is 0.601 bits per heavy atom. The molecule has 5 heterocycles. The lowest BCUT2D eigenvalue weighted by Gasteiger charge is -2.57. The molecule has 20 aliphatic carbocycles. The number of allylic oxidation sites excluding steroid dienone is 15. The van der Waals surface area contributed by atoms with Crippen molar-refractivity contribution in [2.45, 2.75) is 338 Å². The number of nitrogens with zero attached hydrogens (tertiary/aromatic N) is 6. The van der Waals surface area contributed by atoms with Crippen LogP contribution in [0.1, 0.15) is 333 Å². The molecule has 0 amide bonds. The van der Waals surface area contributed by atoms with E-state index in [2.05, 4.69) is 160 Å². The van der Waals surface area contributed by atoms with Gasteiger partial charge in [0.15, 0.2) is 0 Å². The summed E-state index contributed by atoms with van der Waals surface area (Å²) in [5.41, 5.74) is 23.8. The highest BCUT2D eigenvalue weighted by Crippen LogP contribution is 2.74. The van der Waals surface area contributed by atoms with Gasteiger partial charge in [0.1, 0.15) is 5.82 Å². The first-order chi connectivity index (χ1) is 65.9. The Kier molecular flexibility index (Phi) is 25.2. The molecule has 0 aliphatic heterocycles. The number of hydrogen-bond donors (Lipinski definition) is 5. The summed E-state index contributed by atoms with van der Waals surface area (Å²) in [6.07, 6.45) is 73.7. The molecule has 5 aromatic heterocycles. The van der Waals surface area contributed by atoms with Gasteiger partial charge < -0.3 is 25.5 Å². The third-order valence-electron chi connectivity index (χ3n) is 44.1. The van der Waals surface area contributed by atoms with Crippen LogP contribution in [0.15, 0.2) is 168 Å². The van der Waals surface area contributed by atoms with E-state index in [9.17, 15) is 43.1 Å². The normalized spacial score (nSPS) is 42.5. The zero-order valence-electron chi connectivity index (χ0n) is 84.5.